The Kier molecular flexibility index (Phi) is 3.90. The van der Waals surface area contributed by atoms with E-state index in [4.69, 9.17) is 4.74 Å². The number of carbonyl (C=O) groups excluding carboxylic acids is 1. The number of pyridine rings is 1. The van der Waals surface area contributed by atoms with Crippen molar-refractivity contribution in [3.05, 3.63) is 21.9 Å². The lowest BCUT2D eigenvalue weighted by atomic mass is 10.2. The summed E-state index contributed by atoms with van der Waals surface area (Å²) in [5.41, 5.74) is -0.493. The van der Waals surface area contributed by atoms with Crippen LogP contribution in [0, 0.1) is 3.57 Å². The molecule has 0 aliphatic heterocycles. The van der Waals surface area contributed by atoms with Crippen molar-refractivity contribution in [3.8, 4) is 0 Å². The molecular formula is C10H13IN2O2. The molecule has 1 rings (SSSR count). The van der Waals surface area contributed by atoms with Gasteiger partial charge in [0.05, 0.1) is 0 Å². The number of aromatic nitrogens is 1. The zero-order chi connectivity index (χ0) is 11.5. The number of hydrogen-bond donors (Lipinski definition) is 1. The van der Waals surface area contributed by atoms with E-state index in [1.54, 1.807) is 12.3 Å². The molecule has 0 spiro atoms. The van der Waals surface area contributed by atoms with Gasteiger partial charge in [-0.15, -0.1) is 0 Å². The fourth-order valence-electron chi connectivity index (χ4n) is 0.858. The van der Waals surface area contributed by atoms with Gasteiger partial charge in [0, 0.05) is 9.77 Å². The molecule has 4 nitrogen and oxygen atoms in total. The number of hydrogen-bond acceptors (Lipinski definition) is 3. The number of nitrogens with one attached hydrogen (secondary N) is 1. The van der Waals surface area contributed by atoms with Crippen LogP contribution in [0.4, 0.5) is 10.6 Å². The molecule has 0 bridgehead atoms. The third-order valence-corrected chi connectivity index (χ3v) is 1.99. The third kappa shape index (κ3) is 4.96. The van der Waals surface area contributed by atoms with Gasteiger partial charge in [-0.05, 0) is 55.5 Å². The van der Waals surface area contributed by atoms with Gasteiger partial charge in [0.25, 0.3) is 0 Å². The molecule has 0 saturated heterocycles. The molecule has 1 heterocycles. The smallest absolute Gasteiger partial charge is 0.413 e. The average molecular weight is 320 g/mol. The van der Waals surface area contributed by atoms with Gasteiger partial charge in [-0.3, -0.25) is 5.32 Å². The van der Waals surface area contributed by atoms with Crippen molar-refractivity contribution in [2.24, 2.45) is 0 Å². The van der Waals surface area contributed by atoms with Crippen molar-refractivity contribution in [3.63, 3.8) is 0 Å². The van der Waals surface area contributed by atoms with Gasteiger partial charge >= 0.3 is 6.09 Å². The number of rotatable bonds is 1. The van der Waals surface area contributed by atoms with E-state index in [1.165, 1.54) is 0 Å². The monoisotopic (exact) mass is 320 g/mol. The SMILES string of the molecule is CC(C)(C)OC(=O)Nc1ccc(I)cn1. The molecule has 0 aliphatic carbocycles. The molecule has 0 fully saturated rings. The highest BCUT2D eigenvalue weighted by Crippen LogP contribution is 2.10. The Balaban J connectivity index is 2.55. The van der Waals surface area contributed by atoms with Crippen LogP contribution in [0.3, 0.4) is 0 Å². The second kappa shape index (κ2) is 4.78. The molecule has 0 atom stereocenters. The lowest BCUT2D eigenvalue weighted by Crippen LogP contribution is -2.27. The first-order valence-corrected chi connectivity index (χ1v) is 5.56. The minimum Gasteiger partial charge on any atom is -0.444 e. The van der Waals surface area contributed by atoms with E-state index in [9.17, 15) is 4.79 Å². The van der Waals surface area contributed by atoms with Crippen LogP contribution in [0.1, 0.15) is 20.8 Å². The van der Waals surface area contributed by atoms with Crippen LogP contribution in [-0.4, -0.2) is 16.7 Å². The second-order valence-corrected chi connectivity index (χ2v) is 5.23. The molecule has 15 heavy (non-hydrogen) atoms. The molecule has 1 N–H and O–H groups in total. The van der Waals surface area contributed by atoms with Crippen LogP contribution in [0.5, 0.6) is 0 Å². The summed E-state index contributed by atoms with van der Waals surface area (Å²) >= 11 is 2.15. The maximum atomic E-state index is 11.3. The molecule has 0 saturated carbocycles. The van der Waals surface area contributed by atoms with E-state index < -0.39 is 11.7 Å². The third-order valence-electron chi connectivity index (χ3n) is 1.36. The van der Waals surface area contributed by atoms with E-state index in [-0.39, 0.29) is 0 Å². The molecule has 0 radical (unpaired) electrons. The lowest BCUT2D eigenvalue weighted by molar-refractivity contribution is 0.0635. The topological polar surface area (TPSA) is 51.2 Å². The van der Waals surface area contributed by atoms with E-state index in [1.807, 2.05) is 26.8 Å². The summed E-state index contributed by atoms with van der Waals surface area (Å²) in [5, 5.41) is 2.55. The lowest BCUT2D eigenvalue weighted by Gasteiger charge is -2.19. The zero-order valence-corrected chi connectivity index (χ0v) is 11.0. The van der Waals surface area contributed by atoms with Crippen molar-refractivity contribution in [2.75, 3.05) is 5.32 Å². The first kappa shape index (κ1) is 12.2. The highest BCUT2D eigenvalue weighted by molar-refractivity contribution is 14.1. The second-order valence-electron chi connectivity index (χ2n) is 3.99. The molecule has 82 valence electrons. The fraction of sp³-hybridized carbons (Fsp3) is 0.400. The van der Waals surface area contributed by atoms with E-state index in [0.29, 0.717) is 5.82 Å². The van der Waals surface area contributed by atoms with Gasteiger partial charge < -0.3 is 4.74 Å². The summed E-state index contributed by atoms with van der Waals surface area (Å²) in [6.45, 7) is 5.44. The number of ether oxygens (including phenoxy) is 1. The Morgan fingerprint density at radius 2 is 2.13 bits per heavy atom. The molecule has 1 amide bonds. The van der Waals surface area contributed by atoms with Crippen molar-refractivity contribution in [1.82, 2.24) is 4.98 Å². The van der Waals surface area contributed by atoms with Crippen LogP contribution in [-0.2, 0) is 4.74 Å². The summed E-state index contributed by atoms with van der Waals surface area (Å²) in [4.78, 5) is 15.4. The largest absolute Gasteiger partial charge is 0.444 e. The van der Waals surface area contributed by atoms with Crippen LogP contribution in [0.2, 0.25) is 0 Å². The predicted octanol–water partition coefficient (Wildman–Crippen LogP) is 3.03. The van der Waals surface area contributed by atoms with Crippen LogP contribution < -0.4 is 5.32 Å². The van der Waals surface area contributed by atoms with Crippen molar-refractivity contribution in [1.29, 1.82) is 0 Å². The van der Waals surface area contributed by atoms with E-state index >= 15 is 0 Å². The Bertz CT molecular complexity index is 343. The molecular weight excluding hydrogens is 307 g/mol. The number of amides is 1. The normalized spacial score (nSPS) is 10.9. The first-order valence-electron chi connectivity index (χ1n) is 4.48. The molecule has 1 aromatic rings. The average Bonchev–Trinajstić information content (AvgIpc) is 2.05. The summed E-state index contributed by atoms with van der Waals surface area (Å²) in [7, 11) is 0. The van der Waals surface area contributed by atoms with Gasteiger partial charge in [-0.1, -0.05) is 0 Å². The van der Waals surface area contributed by atoms with Crippen molar-refractivity contribution >= 4 is 34.5 Å². The highest BCUT2D eigenvalue weighted by atomic mass is 127. The maximum absolute atomic E-state index is 11.3. The number of carbonyl (C=O) groups is 1. The van der Waals surface area contributed by atoms with Crippen LogP contribution in [0.15, 0.2) is 18.3 Å². The number of halogens is 1. The summed E-state index contributed by atoms with van der Waals surface area (Å²) in [6, 6.07) is 3.59. The zero-order valence-electron chi connectivity index (χ0n) is 8.87. The highest BCUT2D eigenvalue weighted by Gasteiger charge is 2.16. The summed E-state index contributed by atoms with van der Waals surface area (Å²) < 4.78 is 6.10. The Hall–Kier alpha value is -0.850. The molecule has 1 aromatic heterocycles. The summed E-state index contributed by atoms with van der Waals surface area (Å²) in [6.07, 6.45) is 1.18. The van der Waals surface area contributed by atoms with Gasteiger partial charge in [-0.2, -0.15) is 0 Å². The minimum absolute atomic E-state index is 0.490. The number of anilines is 1. The predicted molar refractivity (Wildman–Crippen MR) is 66.8 cm³/mol. The van der Waals surface area contributed by atoms with Crippen LogP contribution >= 0.6 is 22.6 Å². The van der Waals surface area contributed by atoms with E-state index in [2.05, 4.69) is 32.9 Å². The molecule has 0 aliphatic rings. The molecule has 5 heteroatoms. The molecule has 0 aromatic carbocycles. The maximum Gasteiger partial charge on any atom is 0.413 e. The van der Waals surface area contributed by atoms with Gasteiger partial charge in [0.2, 0.25) is 0 Å². The molecule has 0 unspecified atom stereocenters. The fourth-order valence-corrected chi connectivity index (χ4v) is 1.18. The quantitative estimate of drug-likeness (QED) is 0.809. The Morgan fingerprint density at radius 3 is 2.60 bits per heavy atom. The van der Waals surface area contributed by atoms with Gasteiger partial charge in [-0.25, -0.2) is 9.78 Å². The van der Waals surface area contributed by atoms with Crippen molar-refractivity contribution in [2.45, 2.75) is 26.4 Å². The Morgan fingerprint density at radius 1 is 1.47 bits per heavy atom. The summed E-state index contributed by atoms with van der Waals surface area (Å²) in [5.74, 6) is 0.490. The van der Waals surface area contributed by atoms with Gasteiger partial charge in [0.1, 0.15) is 11.4 Å². The number of nitrogens with zero attached hydrogens (tertiary/aromatic N) is 1. The van der Waals surface area contributed by atoms with Crippen molar-refractivity contribution < 1.29 is 9.53 Å². The standard InChI is InChI=1S/C10H13IN2O2/c1-10(2,3)15-9(14)13-8-5-4-7(11)6-12-8/h4-6H,1-3H3,(H,12,13,14). The Labute approximate surface area is 103 Å². The van der Waals surface area contributed by atoms with Gasteiger partial charge in [0.15, 0.2) is 0 Å². The first-order chi connectivity index (χ1) is 6.87. The van der Waals surface area contributed by atoms with Crippen LogP contribution in [0.25, 0.3) is 0 Å². The minimum atomic E-state index is -0.493. The van der Waals surface area contributed by atoms with E-state index in [0.717, 1.165) is 3.57 Å².